The standard InChI is InChI=1S/C21H24N4OS2/c1-13(2)16-8-10-17(11-9-16)22-20-24-25-21(28-20)27-12-19(26)23-18-7-5-6-14(3)15(18)4/h5-11,13H,12H2,1-4H3,(H,22,24)(H,23,26). The lowest BCUT2D eigenvalue weighted by Crippen LogP contribution is -2.15. The van der Waals surface area contributed by atoms with E-state index in [0.29, 0.717) is 11.7 Å². The van der Waals surface area contributed by atoms with Gasteiger partial charge in [-0.2, -0.15) is 0 Å². The van der Waals surface area contributed by atoms with Crippen molar-refractivity contribution in [3.63, 3.8) is 0 Å². The summed E-state index contributed by atoms with van der Waals surface area (Å²) >= 11 is 2.83. The van der Waals surface area contributed by atoms with Crippen LogP contribution in [0.15, 0.2) is 46.8 Å². The molecule has 3 rings (SSSR count). The molecule has 146 valence electrons. The smallest absolute Gasteiger partial charge is 0.234 e. The first-order valence-corrected chi connectivity index (χ1v) is 10.9. The van der Waals surface area contributed by atoms with E-state index in [0.717, 1.165) is 32.0 Å². The summed E-state index contributed by atoms with van der Waals surface area (Å²) in [6, 6.07) is 14.2. The second kappa shape index (κ2) is 9.21. The van der Waals surface area contributed by atoms with Crippen molar-refractivity contribution in [2.75, 3.05) is 16.4 Å². The quantitative estimate of drug-likeness (QED) is 0.484. The number of carbonyl (C=O) groups excluding carboxylic acids is 1. The number of thioether (sulfide) groups is 1. The molecule has 0 atom stereocenters. The zero-order valence-corrected chi connectivity index (χ0v) is 18.1. The number of anilines is 3. The van der Waals surface area contributed by atoms with Crippen LogP contribution < -0.4 is 10.6 Å². The highest BCUT2D eigenvalue weighted by Crippen LogP contribution is 2.28. The van der Waals surface area contributed by atoms with Crippen LogP contribution >= 0.6 is 23.1 Å². The van der Waals surface area contributed by atoms with Crippen LogP contribution in [-0.2, 0) is 4.79 Å². The van der Waals surface area contributed by atoms with Crippen molar-refractivity contribution in [3.8, 4) is 0 Å². The van der Waals surface area contributed by atoms with E-state index < -0.39 is 0 Å². The van der Waals surface area contributed by atoms with Crippen LogP contribution in [-0.4, -0.2) is 21.9 Å². The number of hydrogen-bond acceptors (Lipinski definition) is 6. The molecule has 28 heavy (non-hydrogen) atoms. The molecule has 5 nitrogen and oxygen atoms in total. The molecule has 1 amide bonds. The maximum Gasteiger partial charge on any atom is 0.234 e. The molecular formula is C21H24N4OS2. The van der Waals surface area contributed by atoms with Gasteiger partial charge in [-0.05, 0) is 54.7 Å². The number of carbonyl (C=O) groups is 1. The van der Waals surface area contributed by atoms with E-state index in [1.165, 1.54) is 28.7 Å². The second-order valence-electron chi connectivity index (χ2n) is 6.86. The summed E-state index contributed by atoms with van der Waals surface area (Å²) in [5, 5.41) is 15.3. The highest BCUT2D eigenvalue weighted by molar-refractivity contribution is 8.01. The lowest BCUT2D eigenvalue weighted by atomic mass is 10.0. The second-order valence-corrected chi connectivity index (χ2v) is 9.06. The SMILES string of the molecule is Cc1cccc(NC(=O)CSc2nnc(Nc3ccc(C(C)C)cc3)s2)c1C. The molecule has 7 heteroatoms. The summed E-state index contributed by atoms with van der Waals surface area (Å²) < 4.78 is 0.761. The molecule has 2 N–H and O–H groups in total. The van der Waals surface area contributed by atoms with Crippen molar-refractivity contribution in [2.24, 2.45) is 0 Å². The van der Waals surface area contributed by atoms with Crippen molar-refractivity contribution in [1.82, 2.24) is 10.2 Å². The van der Waals surface area contributed by atoms with Gasteiger partial charge in [0.1, 0.15) is 0 Å². The number of amides is 1. The van der Waals surface area contributed by atoms with Crippen molar-refractivity contribution in [2.45, 2.75) is 38.0 Å². The molecular weight excluding hydrogens is 388 g/mol. The zero-order valence-electron chi connectivity index (χ0n) is 16.4. The average Bonchev–Trinajstić information content (AvgIpc) is 3.11. The first kappa shape index (κ1) is 20.4. The van der Waals surface area contributed by atoms with Crippen LogP contribution in [0.4, 0.5) is 16.5 Å². The van der Waals surface area contributed by atoms with Crippen molar-refractivity contribution in [1.29, 1.82) is 0 Å². The summed E-state index contributed by atoms with van der Waals surface area (Å²) in [5.74, 6) is 0.756. The lowest BCUT2D eigenvalue weighted by Gasteiger charge is -2.09. The van der Waals surface area contributed by atoms with E-state index in [2.05, 4.69) is 46.8 Å². The lowest BCUT2D eigenvalue weighted by molar-refractivity contribution is -0.113. The maximum atomic E-state index is 12.2. The topological polar surface area (TPSA) is 66.9 Å². The predicted octanol–water partition coefficient (Wildman–Crippen LogP) is 5.75. The number of benzene rings is 2. The Morgan fingerprint density at radius 3 is 2.57 bits per heavy atom. The molecule has 3 aromatic rings. The number of nitrogens with zero attached hydrogens (tertiary/aromatic N) is 2. The van der Waals surface area contributed by atoms with E-state index in [9.17, 15) is 4.79 Å². The van der Waals surface area contributed by atoms with Gasteiger partial charge in [0.15, 0.2) is 4.34 Å². The van der Waals surface area contributed by atoms with Gasteiger partial charge in [-0.1, -0.05) is 61.2 Å². The molecule has 1 heterocycles. The molecule has 0 spiro atoms. The maximum absolute atomic E-state index is 12.2. The highest BCUT2D eigenvalue weighted by Gasteiger charge is 2.10. The molecule has 0 saturated carbocycles. The van der Waals surface area contributed by atoms with Gasteiger partial charge in [-0.25, -0.2) is 0 Å². The molecule has 0 aliphatic rings. The Hall–Kier alpha value is -2.38. The molecule has 0 saturated heterocycles. The Labute approximate surface area is 174 Å². The number of hydrogen-bond donors (Lipinski definition) is 2. The third kappa shape index (κ3) is 5.33. The van der Waals surface area contributed by atoms with Gasteiger partial charge in [-0.15, -0.1) is 10.2 Å². The minimum Gasteiger partial charge on any atom is -0.330 e. The van der Waals surface area contributed by atoms with E-state index in [-0.39, 0.29) is 5.91 Å². The molecule has 0 radical (unpaired) electrons. The first-order chi connectivity index (χ1) is 13.4. The Morgan fingerprint density at radius 1 is 1.11 bits per heavy atom. The number of aryl methyl sites for hydroxylation is 1. The first-order valence-electron chi connectivity index (χ1n) is 9.11. The van der Waals surface area contributed by atoms with Gasteiger partial charge < -0.3 is 10.6 Å². The molecule has 0 aliphatic carbocycles. The van der Waals surface area contributed by atoms with Crippen molar-refractivity contribution < 1.29 is 4.79 Å². The van der Waals surface area contributed by atoms with Crippen LogP contribution in [0.1, 0.15) is 36.5 Å². The minimum absolute atomic E-state index is 0.0484. The Bertz CT molecular complexity index is 951. The fourth-order valence-corrected chi connectivity index (χ4v) is 4.17. The third-order valence-corrected chi connectivity index (χ3v) is 6.41. The van der Waals surface area contributed by atoms with Crippen LogP contribution in [0.5, 0.6) is 0 Å². The van der Waals surface area contributed by atoms with Crippen molar-refractivity contribution in [3.05, 3.63) is 59.2 Å². The van der Waals surface area contributed by atoms with Gasteiger partial charge in [0.2, 0.25) is 11.0 Å². The fraction of sp³-hybridized carbons (Fsp3) is 0.286. The number of aromatic nitrogens is 2. The van der Waals surface area contributed by atoms with Gasteiger partial charge in [0.05, 0.1) is 5.75 Å². The minimum atomic E-state index is -0.0484. The summed E-state index contributed by atoms with van der Waals surface area (Å²) in [4.78, 5) is 12.2. The largest absolute Gasteiger partial charge is 0.330 e. The van der Waals surface area contributed by atoms with E-state index >= 15 is 0 Å². The summed E-state index contributed by atoms with van der Waals surface area (Å²) in [6.07, 6.45) is 0. The number of nitrogens with one attached hydrogen (secondary N) is 2. The summed E-state index contributed by atoms with van der Waals surface area (Å²) in [7, 11) is 0. The van der Waals surface area contributed by atoms with Crippen LogP contribution in [0.3, 0.4) is 0 Å². The van der Waals surface area contributed by atoms with Gasteiger partial charge >= 0.3 is 0 Å². The van der Waals surface area contributed by atoms with E-state index in [4.69, 9.17) is 0 Å². The van der Waals surface area contributed by atoms with E-state index in [1.54, 1.807) is 0 Å². The molecule has 0 aliphatic heterocycles. The van der Waals surface area contributed by atoms with Crippen LogP contribution in [0.2, 0.25) is 0 Å². The number of rotatable bonds is 7. The predicted molar refractivity (Wildman–Crippen MR) is 119 cm³/mol. The van der Waals surface area contributed by atoms with Gasteiger partial charge in [0.25, 0.3) is 0 Å². The highest BCUT2D eigenvalue weighted by atomic mass is 32.2. The Kier molecular flexibility index (Phi) is 6.70. The van der Waals surface area contributed by atoms with Crippen LogP contribution in [0, 0.1) is 13.8 Å². The monoisotopic (exact) mass is 412 g/mol. The van der Waals surface area contributed by atoms with Gasteiger partial charge in [0, 0.05) is 11.4 Å². The van der Waals surface area contributed by atoms with Gasteiger partial charge in [-0.3, -0.25) is 4.79 Å². The van der Waals surface area contributed by atoms with Crippen molar-refractivity contribution >= 4 is 45.5 Å². The molecule has 1 aromatic heterocycles. The molecule has 0 unspecified atom stereocenters. The Balaban J connectivity index is 1.53. The molecule has 2 aromatic carbocycles. The summed E-state index contributed by atoms with van der Waals surface area (Å²) in [5.41, 5.74) is 5.38. The normalized spacial score (nSPS) is 10.9. The van der Waals surface area contributed by atoms with E-state index in [1.807, 2.05) is 44.2 Å². The molecule has 0 fully saturated rings. The average molecular weight is 413 g/mol. The third-order valence-electron chi connectivity index (χ3n) is 4.44. The fourth-order valence-electron chi connectivity index (χ4n) is 2.59. The van der Waals surface area contributed by atoms with Crippen LogP contribution in [0.25, 0.3) is 0 Å². The molecule has 0 bridgehead atoms. The summed E-state index contributed by atoms with van der Waals surface area (Å²) in [6.45, 7) is 8.39. The Morgan fingerprint density at radius 2 is 1.86 bits per heavy atom. The zero-order chi connectivity index (χ0) is 20.1.